The van der Waals surface area contributed by atoms with Crippen LogP contribution in [0.3, 0.4) is 0 Å². The van der Waals surface area contributed by atoms with Crippen molar-refractivity contribution in [3.63, 3.8) is 0 Å². The van der Waals surface area contributed by atoms with Crippen LogP contribution < -0.4 is 10.1 Å². The van der Waals surface area contributed by atoms with E-state index in [2.05, 4.69) is 31.4 Å². The van der Waals surface area contributed by atoms with Gasteiger partial charge in [-0.05, 0) is 48.9 Å². The lowest BCUT2D eigenvalue weighted by Gasteiger charge is -2.14. The normalized spacial score (nSPS) is 11.7. The number of hydrogen-bond acceptors (Lipinski definition) is 8. The predicted molar refractivity (Wildman–Crippen MR) is 145 cm³/mol. The number of esters is 1. The van der Waals surface area contributed by atoms with E-state index in [4.69, 9.17) is 9.47 Å². The Labute approximate surface area is 229 Å². The molecule has 0 saturated carbocycles. The quantitative estimate of drug-likeness (QED) is 0.182. The number of rotatable bonds is 9. The van der Waals surface area contributed by atoms with E-state index in [1.165, 1.54) is 42.3 Å². The highest BCUT2D eigenvalue weighted by molar-refractivity contribution is 9.10. The van der Waals surface area contributed by atoms with Gasteiger partial charge in [-0.1, -0.05) is 39.8 Å². The summed E-state index contributed by atoms with van der Waals surface area (Å²) in [4.78, 5) is 25.2. The lowest BCUT2D eigenvalue weighted by Crippen LogP contribution is -2.16. The summed E-state index contributed by atoms with van der Waals surface area (Å²) in [6.45, 7) is 1.87. The first-order valence-electron chi connectivity index (χ1n) is 11.0. The standard InChI is InChI=1S/C25H22BrFN4O4S2/c1-14(35-18-10-6-16(26)7-11-18)22-29-30-25(31(22)2)37-13-20(32)28-23-21(24(33)34-3)19(12-36-23)15-4-8-17(27)9-5-15/h4-12,14H,13H2,1-3H3,(H,28,32). The molecule has 4 rings (SSSR count). The SMILES string of the molecule is COC(=O)c1c(-c2ccc(F)cc2)csc1NC(=O)CSc1nnc(C(C)Oc2ccc(Br)cc2)n1C. The molecule has 0 bridgehead atoms. The van der Waals surface area contributed by atoms with Gasteiger partial charge in [-0.15, -0.1) is 21.5 Å². The van der Waals surface area contributed by atoms with Gasteiger partial charge in [0.2, 0.25) is 5.91 Å². The summed E-state index contributed by atoms with van der Waals surface area (Å²) in [6, 6.07) is 13.2. The van der Waals surface area contributed by atoms with Crippen LogP contribution in [0.1, 0.15) is 29.2 Å². The van der Waals surface area contributed by atoms with E-state index in [-0.39, 0.29) is 29.1 Å². The number of ether oxygens (including phenoxy) is 2. The van der Waals surface area contributed by atoms with Crippen molar-refractivity contribution < 1.29 is 23.5 Å². The molecule has 1 unspecified atom stereocenters. The third-order valence-electron chi connectivity index (χ3n) is 5.28. The summed E-state index contributed by atoms with van der Waals surface area (Å²) in [7, 11) is 3.07. The van der Waals surface area contributed by atoms with Gasteiger partial charge in [-0.3, -0.25) is 4.79 Å². The summed E-state index contributed by atoms with van der Waals surface area (Å²) < 4.78 is 27.0. The molecule has 0 fully saturated rings. The first-order valence-corrected chi connectivity index (χ1v) is 13.6. The Morgan fingerprint density at radius 3 is 2.54 bits per heavy atom. The molecular formula is C25H22BrFN4O4S2. The van der Waals surface area contributed by atoms with Crippen molar-refractivity contribution in [1.82, 2.24) is 14.8 Å². The molecule has 192 valence electrons. The predicted octanol–water partition coefficient (Wildman–Crippen LogP) is 6.10. The van der Waals surface area contributed by atoms with Crippen molar-refractivity contribution in [3.8, 4) is 16.9 Å². The molecule has 0 spiro atoms. The average molecular weight is 606 g/mol. The van der Waals surface area contributed by atoms with Crippen molar-refractivity contribution in [1.29, 1.82) is 0 Å². The maximum atomic E-state index is 13.3. The van der Waals surface area contributed by atoms with Gasteiger partial charge in [-0.2, -0.15) is 0 Å². The van der Waals surface area contributed by atoms with E-state index in [9.17, 15) is 14.0 Å². The summed E-state index contributed by atoms with van der Waals surface area (Å²) in [5, 5.41) is 13.8. The molecule has 2 aromatic carbocycles. The first-order chi connectivity index (χ1) is 17.8. The fraction of sp³-hybridized carbons (Fsp3) is 0.200. The number of anilines is 1. The molecule has 8 nitrogen and oxygen atoms in total. The Bertz CT molecular complexity index is 1410. The van der Waals surface area contributed by atoms with Gasteiger partial charge in [0.05, 0.1) is 12.9 Å². The van der Waals surface area contributed by atoms with Crippen LogP contribution in [-0.2, 0) is 16.6 Å². The number of benzene rings is 2. The van der Waals surface area contributed by atoms with Gasteiger partial charge in [-0.25, -0.2) is 9.18 Å². The van der Waals surface area contributed by atoms with Crippen LogP contribution in [0.4, 0.5) is 9.39 Å². The zero-order valence-electron chi connectivity index (χ0n) is 20.0. The summed E-state index contributed by atoms with van der Waals surface area (Å²) >= 11 is 5.80. The molecule has 4 aromatic rings. The van der Waals surface area contributed by atoms with E-state index >= 15 is 0 Å². The second-order valence-corrected chi connectivity index (χ2v) is 10.5. The number of carbonyl (C=O) groups excluding carboxylic acids is 2. The number of nitrogens with one attached hydrogen (secondary N) is 1. The van der Waals surface area contributed by atoms with Crippen molar-refractivity contribution in [3.05, 3.63) is 75.6 Å². The third kappa shape index (κ3) is 6.38. The minimum Gasteiger partial charge on any atom is -0.483 e. The number of thioether (sulfide) groups is 1. The lowest BCUT2D eigenvalue weighted by atomic mass is 10.0. The summed E-state index contributed by atoms with van der Waals surface area (Å²) in [5.41, 5.74) is 1.41. The second kappa shape index (κ2) is 11.9. The molecule has 1 amide bonds. The van der Waals surface area contributed by atoms with Crippen LogP contribution in [0.5, 0.6) is 5.75 Å². The smallest absolute Gasteiger partial charge is 0.341 e. The maximum absolute atomic E-state index is 13.3. The highest BCUT2D eigenvalue weighted by Crippen LogP contribution is 2.36. The molecule has 2 aromatic heterocycles. The number of nitrogens with zero attached hydrogens (tertiary/aromatic N) is 3. The molecule has 0 aliphatic carbocycles. The Hall–Kier alpha value is -3.22. The molecule has 0 aliphatic rings. The fourth-order valence-electron chi connectivity index (χ4n) is 3.47. The Kier molecular flexibility index (Phi) is 8.62. The van der Waals surface area contributed by atoms with Crippen molar-refractivity contribution in [2.45, 2.75) is 18.2 Å². The van der Waals surface area contributed by atoms with Crippen LogP contribution in [0, 0.1) is 5.82 Å². The second-order valence-electron chi connectivity index (χ2n) is 7.80. The molecule has 12 heteroatoms. The van der Waals surface area contributed by atoms with Crippen LogP contribution in [0.25, 0.3) is 11.1 Å². The minimum absolute atomic E-state index is 0.0400. The highest BCUT2D eigenvalue weighted by atomic mass is 79.9. The zero-order valence-corrected chi connectivity index (χ0v) is 23.2. The van der Waals surface area contributed by atoms with Gasteiger partial charge >= 0.3 is 5.97 Å². The number of halogens is 2. The topological polar surface area (TPSA) is 95.3 Å². The van der Waals surface area contributed by atoms with E-state index < -0.39 is 5.97 Å². The highest BCUT2D eigenvalue weighted by Gasteiger charge is 2.23. The summed E-state index contributed by atoms with van der Waals surface area (Å²) in [6.07, 6.45) is -0.361. The molecule has 1 atom stereocenters. The van der Waals surface area contributed by atoms with Gasteiger partial charge in [0.1, 0.15) is 22.1 Å². The van der Waals surface area contributed by atoms with Gasteiger partial charge in [0.25, 0.3) is 0 Å². The Morgan fingerprint density at radius 2 is 1.86 bits per heavy atom. The van der Waals surface area contributed by atoms with E-state index in [0.717, 1.165) is 4.47 Å². The zero-order chi connectivity index (χ0) is 26.5. The van der Waals surface area contributed by atoms with Crippen molar-refractivity contribution in [2.75, 3.05) is 18.2 Å². The van der Waals surface area contributed by atoms with E-state index in [0.29, 0.717) is 32.9 Å². The number of aromatic nitrogens is 3. The molecule has 37 heavy (non-hydrogen) atoms. The fourth-order valence-corrected chi connectivity index (χ4v) is 5.42. The van der Waals surface area contributed by atoms with Crippen LogP contribution in [-0.4, -0.2) is 39.5 Å². The average Bonchev–Trinajstić information content (AvgIpc) is 3.47. The van der Waals surface area contributed by atoms with Gasteiger partial charge in [0, 0.05) is 22.5 Å². The van der Waals surface area contributed by atoms with Gasteiger partial charge < -0.3 is 19.4 Å². The number of amides is 1. The maximum Gasteiger partial charge on any atom is 0.341 e. The number of carbonyl (C=O) groups is 2. The van der Waals surface area contributed by atoms with Crippen molar-refractivity contribution >= 4 is 55.9 Å². The van der Waals surface area contributed by atoms with E-state index in [1.54, 1.807) is 29.1 Å². The monoisotopic (exact) mass is 604 g/mol. The van der Waals surface area contributed by atoms with Crippen molar-refractivity contribution in [2.24, 2.45) is 7.05 Å². The van der Waals surface area contributed by atoms with Crippen LogP contribution in [0.15, 0.2) is 63.5 Å². The van der Waals surface area contributed by atoms with Crippen LogP contribution in [0.2, 0.25) is 0 Å². The minimum atomic E-state index is -0.596. The summed E-state index contributed by atoms with van der Waals surface area (Å²) in [5.74, 6) is 0.0433. The number of thiophene rings is 1. The Balaban J connectivity index is 1.42. The lowest BCUT2D eigenvalue weighted by molar-refractivity contribution is -0.113. The molecule has 0 radical (unpaired) electrons. The molecular weight excluding hydrogens is 583 g/mol. The molecule has 0 saturated heterocycles. The number of methoxy groups -OCH3 is 1. The van der Waals surface area contributed by atoms with Gasteiger partial charge in [0.15, 0.2) is 17.1 Å². The molecule has 1 N–H and O–H groups in total. The molecule has 2 heterocycles. The van der Waals surface area contributed by atoms with Crippen LogP contribution >= 0.6 is 39.0 Å². The van der Waals surface area contributed by atoms with E-state index in [1.807, 2.05) is 31.2 Å². The largest absolute Gasteiger partial charge is 0.483 e. The first kappa shape index (κ1) is 26.8. The third-order valence-corrected chi connectivity index (χ3v) is 7.72. The Morgan fingerprint density at radius 1 is 1.16 bits per heavy atom. The number of hydrogen-bond donors (Lipinski definition) is 1. The molecule has 0 aliphatic heterocycles.